The molecule has 9 N–H and O–H groups in total. The third-order valence-electron chi connectivity index (χ3n) is 8.13. The van der Waals surface area contributed by atoms with Crippen LogP contribution in [0.15, 0.2) is 42.5 Å². The number of nitrogens with one attached hydrogen (secondary N) is 1. The summed E-state index contributed by atoms with van der Waals surface area (Å²) in [5, 5.41) is 21.5. The lowest BCUT2D eigenvalue weighted by molar-refractivity contribution is -0.0580. The van der Waals surface area contributed by atoms with E-state index in [4.69, 9.17) is 39.2 Å². The van der Waals surface area contributed by atoms with Crippen molar-refractivity contribution in [3.63, 3.8) is 0 Å². The number of H-pyrrole nitrogens is 1. The van der Waals surface area contributed by atoms with Crippen LogP contribution in [-0.2, 0) is 36.9 Å². The molecule has 0 radical (unpaired) electrons. The molecule has 10 atom stereocenters. The predicted molar refractivity (Wildman–Crippen MR) is 167 cm³/mol. The van der Waals surface area contributed by atoms with Gasteiger partial charge < -0.3 is 45.7 Å². The number of nitrogens with zero attached hydrogens (tertiary/aromatic N) is 9. The molecule has 51 heavy (non-hydrogen) atoms. The van der Waals surface area contributed by atoms with Gasteiger partial charge in [0.05, 0.1) is 25.9 Å². The molecule has 274 valence electrons. The molecule has 2 saturated heterocycles. The van der Waals surface area contributed by atoms with Gasteiger partial charge in [0.25, 0.3) is 5.56 Å². The highest BCUT2D eigenvalue weighted by atomic mass is 31.2. The van der Waals surface area contributed by atoms with E-state index in [9.17, 15) is 33.9 Å². The van der Waals surface area contributed by atoms with Crippen molar-refractivity contribution in [3.05, 3.63) is 48.1 Å². The summed E-state index contributed by atoms with van der Waals surface area (Å²) in [7, 11) is -8.39. The van der Waals surface area contributed by atoms with Gasteiger partial charge in [-0.1, -0.05) is 0 Å². The van der Waals surface area contributed by atoms with Gasteiger partial charge >= 0.3 is 15.6 Å². The molecule has 0 bridgehead atoms. The van der Waals surface area contributed by atoms with Crippen LogP contribution in [0, 0.1) is 0 Å². The lowest BCUT2D eigenvalue weighted by Gasteiger charge is -2.26. The second-order valence-electron chi connectivity index (χ2n) is 11.2. The van der Waals surface area contributed by atoms with Crippen LogP contribution in [-0.4, -0.2) is 125 Å². The molecule has 2 aliphatic heterocycles. The van der Waals surface area contributed by atoms with Gasteiger partial charge in [-0.05, 0) is 0 Å². The molecule has 7 heterocycles. The van der Waals surface area contributed by atoms with Gasteiger partial charge in [0, 0.05) is 19.5 Å². The van der Waals surface area contributed by atoms with Crippen LogP contribution in [0.5, 0.6) is 0 Å². The number of anilines is 2. The molecule has 0 aliphatic carbocycles. The largest absolute Gasteiger partial charge is 0.472 e. The summed E-state index contributed by atoms with van der Waals surface area (Å²) in [5.41, 5.74) is 11.2. The minimum Gasteiger partial charge on any atom is -0.387 e. The number of fused-ring (bicyclic) bond motifs is 2. The minimum absolute atomic E-state index is 0.0554. The summed E-state index contributed by atoms with van der Waals surface area (Å²) < 4.78 is 63.2. The fourth-order valence-electron chi connectivity index (χ4n) is 5.72. The molecule has 0 spiro atoms. The van der Waals surface area contributed by atoms with Gasteiger partial charge in [0.2, 0.25) is 5.95 Å². The highest BCUT2D eigenvalue weighted by molar-refractivity contribution is 7.51. The second kappa shape index (κ2) is 13.4. The number of imidazole rings is 3. The van der Waals surface area contributed by atoms with E-state index >= 15 is 0 Å². The molecular formula is C24H30N12O13P2. The van der Waals surface area contributed by atoms with Crippen molar-refractivity contribution in [1.82, 2.24) is 48.4 Å². The highest BCUT2D eigenvalue weighted by Gasteiger charge is 2.52. The van der Waals surface area contributed by atoms with Gasteiger partial charge in [0.1, 0.15) is 54.8 Å². The van der Waals surface area contributed by atoms with Crippen molar-refractivity contribution < 1.29 is 56.9 Å². The molecule has 2 unspecified atom stereocenters. The first-order chi connectivity index (χ1) is 24.3. The quantitative estimate of drug-likeness (QED) is 0.0678. The number of ether oxygens (including phenoxy) is 3. The summed E-state index contributed by atoms with van der Waals surface area (Å²) in [6.07, 6.45) is -4.17. The number of aromatic nitrogens is 10. The Kier molecular flexibility index (Phi) is 9.24. The molecule has 7 rings (SSSR count). The molecule has 27 heteroatoms. The Balaban J connectivity index is 1.10. The van der Waals surface area contributed by atoms with Crippen LogP contribution >= 0.6 is 15.6 Å². The summed E-state index contributed by atoms with van der Waals surface area (Å²) in [4.78, 5) is 59.8. The van der Waals surface area contributed by atoms with Gasteiger partial charge in [-0.25, -0.2) is 38.4 Å². The number of rotatable bonds is 12. The van der Waals surface area contributed by atoms with E-state index in [0.717, 1.165) is 21.6 Å². The van der Waals surface area contributed by atoms with E-state index in [1.807, 2.05) is 0 Å². The molecule has 5 aromatic rings. The minimum atomic E-state index is -5.13. The van der Waals surface area contributed by atoms with E-state index in [1.54, 1.807) is 0 Å². The lowest BCUT2D eigenvalue weighted by atomic mass is 10.1. The molecule has 5 aromatic heterocycles. The highest BCUT2D eigenvalue weighted by Crippen LogP contribution is 2.51. The maximum Gasteiger partial charge on any atom is 0.472 e. The number of hydrogen-bond donors (Lipinski definition) is 7. The van der Waals surface area contributed by atoms with E-state index in [-0.39, 0.29) is 34.1 Å². The zero-order chi connectivity index (χ0) is 36.2. The Morgan fingerprint density at radius 1 is 0.902 bits per heavy atom. The summed E-state index contributed by atoms with van der Waals surface area (Å²) in [5.74, 6) is -0.175. The van der Waals surface area contributed by atoms with E-state index < -0.39 is 83.4 Å². The first-order valence-corrected chi connectivity index (χ1v) is 17.8. The fourth-order valence-corrected chi connectivity index (χ4v) is 7.57. The number of nitrogen functional groups attached to an aromatic ring is 2. The topological polar surface area (TPSA) is 347 Å². The average Bonchev–Trinajstić information content (AvgIpc) is 3.92. The zero-order valence-electron chi connectivity index (χ0n) is 26.0. The Bertz CT molecular complexity index is 2200. The number of phosphoric acid groups is 1. The van der Waals surface area contributed by atoms with E-state index in [2.05, 4.69) is 34.9 Å². The van der Waals surface area contributed by atoms with E-state index in [0.29, 0.717) is 0 Å². The van der Waals surface area contributed by atoms with Crippen molar-refractivity contribution in [2.45, 2.75) is 49.1 Å². The summed E-state index contributed by atoms with van der Waals surface area (Å²) >= 11 is 0. The predicted octanol–water partition coefficient (Wildman–Crippen LogP) is -1.98. The standard InChI is InChI=1S/C24H30N12O13P2/c1-44-17-16(11(5-45-50(40,41)34-3-2-27-7-34)48-23(17)35-8-30-12-18(25)28-6-29-19(12)35)49-51(42,43)46-4-10-14(37)15(38)22(47-10)36-9-31-13-20(36)32-24(26)33-21(13)39/h2-3,6-11,14-17,22-23,37-38H,4-5H2,1H3,(H,40,41)(H,42,43)(H2,25,28,29)(H3,26,32,33,39)/t10-,11-,14-,15-,16-,17-,22-,23-/m1/s1. The van der Waals surface area contributed by atoms with Crippen LogP contribution in [0.3, 0.4) is 0 Å². The first kappa shape index (κ1) is 35.2. The number of aromatic amines is 1. The van der Waals surface area contributed by atoms with Crippen LogP contribution in [0.1, 0.15) is 12.5 Å². The number of methoxy groups -OCH3 is 1. The van der Waals surface area contributed by atoms with Crippen LogP contribution < -0.4 is 17.0 Å². The van der Waals surface area contributed by atoms with Crippen LogP contribution in [0.25, 0.3) is 22.3 Å². The summed E-state index contributed by atoms with van der Waals surface area (Å²) in [6.45, 7) is -1.47. The molecular weight excluding hydrogens is 726 g/mol. The monoisotopic (exact) mass is 756 g/mol. The van der Waals surface area contributed by atoms with Crippen molar-refractivity contribution in [1.29, 1.82) is 0 Å². The molecule has 2 fully saturated rings. The smallest absolute Gasteiger partial charge is 0.387 e. The first-order valence-electron chi connectivity index (χ1n) is 14.7. The number of phosphoric ester groups is 1. The number of aliphatic hydroxyl groups is 2. The van der Waals surface area contributed by atoms with Gasteiger partial charge in [0.15, 0.2) is 35.1 Å². The Hall–Kier alpha value is -4.23. The summed E-state index contributed by atoms with van der Waals surface area (Å²) in [6, 6.07) is 0. The molecule has 2 aliphatic rings. The maximum absolute atomic E-state index is 13.4. The fraction of sp³-hybridized carbons (Fsp3) is 0.458. The lowest BCUT2D eigenvalue weighted by Crippen LogP contribution is -2.38. The Morgan fingerprint density at radius 2 is 1.61 bits per heavy atom. The number of hydrogen-bond acceptors (Lipinski definition) is 19. The molecule has 0 saturated carbocycles. The zero-order valence-corrected chi connectivity index (χ0v) is 27.8. The molecule has 0 aromatic carbocycles. The van der Waals surface area contributed by atoms with Crippen molar-refractivity contribution in [2.24, 2.45) is 0 Å². The van der Waals surface area contributed by atoms with Gasteiger partial charge in [-0.15, -0.1) is 0 Å². The SMILES string of the molecule is CO[C@@H]1[C@H](OP(=O)(O)OC[C@H]2O[C@@H](n3cnc4c(=O)[nH]c(N)nc43)[C@H](O)[C@@H]2O)[C@@H](COP(=O)(O)n2ccnc2)O[C@H]1n1cnc2c(N)ncnc21. The third-order valence-corrected chi connectivity index (χ3v) is 10.4. The average molecular weight is 757 g/mol. The second-order valence-corrected chi connectivity index (χ2v) is 14.3. The van der Waals surface area contributed by atoms with Crippen LogP contribution in [0.4, 0.5) is 11.8 Å². The Labute approximate surface area is 283 Å². The maximum atomic E-state index is 13.4. The number of nitrogens with two attached hydrogens (primary N) is 2. The number of aliphatic hydroxyl groups excluding tert-OH is 2. The Morgan fingerprint density at radius 3 is 2.33 bits per heavy atom. The van der Waals surface area contributed by atoms with E-state index in [1.165, 1.54) is 36.7 Å². The van der Waals surface area contributed by atoms with Gasteiger partial charge in [-0.2, -0.15) is 4.98 Å². The third kappa shape index (κ3) is 6.54. The van der Waals surface area contributed by atoms with Crippen LogP contribution in [0.2, 0.25) is 0 Å². The van der Waals surface area contributed by atoms with Crippen molar-refractivity contribution >= 4 is 49.7 Å². The van der Waals surface area contributed by atoms with Gasteiger partial charge in [-0.3, -0.25) is 32.5 Å². The molecule has 0 amide bonds. The van der Waals surface area contributed by atoms with Crippen molar-refractivity contribution in [3.8, 4) is 0 Å². The molecule has 25 nitrogen and oxygen atoms in total. The normalized spacial score (nSPS) is 29.1. The van der Waals surface area contributed by atoms with Crippen molar-refractivity contribution in [2.75, 3.05) is 31.8 Å².